The Morgan fingerprint density at radius 3 is 2.43 bits per heavy atom. The number of ketones is 1. The van der Waals surface area contributed by atoms with Crippen LogP contribution in [0.15, 0.2) is 24.3 Å². The van der Waals surface area contributed by atoms with E-state index < -0.39 is 54.2 Å². The number of carboxylic acid groups (broad SMARTS) is 1. The zero-order valence-electron chi connectivity index (χ0n) is 16.1. The molecular formula is C19H22F3N3O5. The van der Waals surface area contributed by atoms with Crippen molar-refractivity contribution in [3.8, 4) is 0 Å². The molecule has 30 heavy (non-hydrogen) atoms. The van der Waals surface area contributed by atoms with Crippen LogP contribution < -0.4 is 16.0 Å². The Bertz CT molecular complexity index is 828. The van der Waals surface area contributed by atoms with Crippen LogP contribution in [0.5, 0.6) is 0 Å². The van der Waals surface area contributed by atoms with Crippen molar-refractivity contribution >= 4 is 23.7 Å². The normalized spacial score (nSPS) is 21.4. The van der Waals surface area contributed by atoms with Gasteiger partial charge in [-0.1, -0.05) is 6.07 Å². The highest BCUT2D eigenvalue weighted by molar-refractivity contribution is 5.96. The van der Waals surface area contributed by atoms with Crippen molar-refractivity contribution in [3.05, 3.63) is 35.4 Å². The first-order valence-corrected chi connectivity index (χ1v) is 9.22. The van der Waals surface area contributed by atoms with E-state index in [9.17, 15) is 32.3 Å². The summed E-state index contributed by atoms with van der Waals surface area (Å²) in [5.74, 6) is -2.23. The number of amides is 3. The van der Waals surface area contributed by atoms with E-state index >= 15 is 0 Å². The van der Waals surface area contributed by atoms with Gasteiger partial charge in [0.15, 0.2) is 0 Å². The quantitative estimate of drug-likeness (QED) is 0.550. The molecular weight excluding hydrogens is 407 g/mol. The molecule has 1 fully saturated rings. The van der Waals surface area contributed by atoms with E-state index in [1.807, 2.05) is 0 Å². The largest absolute Gasteiger partial charge is 0.465 e. The molecule has 0 aliphatic heterocycles. The standard InChI is InChI=1S/C19H22F3N3O5/c1-10(26)14-8-13(24-18(29)30)5-6-15(14)25-16(27)9-23-17(28)11-3-2-4-12(7-11)19(20,21)22/h2-4,7,13-15,24H,5-6,8-9H2,1H3,(H,23,28)(H,25,27)(H,29,30)/t13?,14-,15-/m0/s1. The third-order valence-electron chi connectivity index (χ3n) is 4.91. The monoisotopic (exact) mass is 429 g/mol. The fourth-order valence-electron chi connectivity index (χ4n) is 3.46. The first-order valence-electron chi connectivity index (χ1n) is 9.22. The van der Waals surface area contributed by atoms with Crippen molar-refractivity contribution in [3.63, 3.8) is 0 Å². The molecule has 1 aliphatic rings. The number of rotatable bonds is 6. The van der Waals surface area contributed by atoms with Gasteiger partial charge in [0.25, 0.3) is 5.91 Å². The molecule has 164 valence electrons. The molecule has 0 heterocycles. The summed E-state index contributed by atoms with van der Waals surface area (Å²) in [6.07, 6.45) is -4.76. The minimum atomic E-state index is -4.59. The van der Waals surface area contributed by atoms with E-state index in [-0.39, 0.29) is 17.8 Å². The maximum Gasteiger partial charge on any atom is 0.416 e. The zero-order valence-corrected chi connectivity index (χ0v) is 16.1. The van der Waals surface area contributed by atoms with Crippen LogP contribution in [0.4, 0.5) is 18.0 Å². The summed E-state index contributed by atoms with van der Waals surface area (Å²) >= 11 is 0. The van der Waals surface area contributed by atoms with Crippen LogP contribution >= 0.6 is 0 Å². The summed E-state index contributed by atoms with van der Waals surface area (Å²) < 4.78 is 38.2. The Kier molecular flexibility index (Phi) is 7.41. The molecule has 2 rings (SSSR count). The first-order chi connectivity index (χ1) is 14.0. The number of carbonyl (C=O) groups excluding carboxylic acids is 3. The number of carbonyl (C=O) groups is 4. The molecule has 1 aromatic rings. The van der Waals surface area contributed by atoms with Crippen molar-refractivity contribution in [2.24, 2.45) is 5.92 Å². The van der Waals surface area contributed by atoms with Gasteiger partial charge in [-0.3, -0.25) is 14.4 Å². The van der Waals surface area contributed by atoms with Gasteiger partial charge in [-0.2, -0.15) is 13.2 Å². The molecule has 0 bridgehead atoms. The highest BCUT2D eigenvalue weighted by Crippen LogP contribution is 2.29. The Balaban J connectivity index is 1.91. The van der Waals surface area contributed by atoms with Gasteiger partial charge < -0.3 is 21.1 Å². The van der Waals surface area contributed by atoms with Crippen molar-refractivity contribution in [1.82, 2.24) is 16.0 Å². The zero-order chi connectivity index (χ0) is 22.5. The maximum atomic E-state index is 12.7. The van der Waals surface area contributed by atoms with Crippen LogP contribution in [0.25, 0.3) is 0 Å². The lowest BCUT2D eigenvalue weighted by Gasteiger charge is -2.35. The lowest BCUT2D eigenvalue weighted by Crippen LogP contribution is -2.52. The van der Waals surface area contributed by atoms with Gasteiger partial charge in [-0.05, 0) is 44.4 Å². The summed E-state index contributed by atoms with van der Waals surface area (Å²) in [7, 11) is 0. The number of halogens is 3. The molecule has 11 heteroatoms. The number of hydrogen-bond donors (Lipinski definition) is 4. The van der Waals surface area contributed by atoms with E-state index in [2.05, 4.69) is 16.0 Å². The molecule has 0 aromatic heterocycles. The number of Topliss-reactive ketones (excluding diaryl/α,β-unsaturated/α-hetero) is 1. The van der Waals surface area contributed by atoms with Crippen LogP contribution in [-0.4, -0.2) is 47.4 Å². The second-order valence-corrected chi connectivity index (χ2v) is 7.11. The Hall–Kier alpha value is -3.11. The molecule has 3 atom stereocenters. The molecule has 8 nitrogen and oxygen atoms in total. The van der Waals surface area contributed by atoms with Gasteiger partial charge in [0.2, 0.25) is 5.91 Å². The highest BCUT2D eigenvalue weighted by atomic mass is 19.4. The van der Waals surface area contributed by atoms with Crippen LogP contribution in [0.3, 0.4) is 0 Å². The second kappa shape index (κ2) is 9.59. The third-order valence-corrected chi connectivity index (χ3v) is 4.91. The number of hydrogen-bond acceptors (Lipinski definition) is 4. The maximum absolute atomic E-state index is 12.7. The Morgan fingerprint density at radius 1 is 1.13 bits per heavy atom. The van der Waals surface area contributed by atoms with Gasteiger partial charge >= 0.3 is 12.3 Å². The predicted molar refractivity (Wildman–Crippen MR) is 98.7 cm³/mol. The fourth-order valence-corrected chi connectivity index (χ4v) is 3.46. The molecule has 3 amide bonds. The summed E-state index contributed by atoms with van der Waals surface area (Å²) in [5.41, 5.74) is -1.21. The fraction of sp³-hybridized carbons (Fsp3) is 0.474. The van der Waals surface area contributed by atoms with E-state index in [1.54, 1.807) is 0 Å². The van der Waals surface area contributed by atoms with E-state index in [0.717, 1.165) is 12.1 Å². The average molecular weight is 429 g/mol. The molecule has 1 unspecified atom stereocenters. The van der Waals surface area contributed by atoms with Crippen LogP contribution in [-0.2, 0) is 15.8 Å². The predicted octanol–water partition coefficient (Wildman–Crippen LogP) is 1.95. The van der Waals surface area contributed by atoms with Gasteiger partial charge in [-0.25, -0.2) is 4.79 Å². The minimum absolute atomic E-state index is 0.204. The van der Waals surface area contributed by atoms with Gasteiger partial charge in [0.1, 0.15) is 5.78 Å². The van der Waals surface area contributed by atoms with E-state index in [4.69, 9.17) is 5.11 Å². The molecule has 1 aromatic carbocycles. The van der Waals surface area contributed by atoms with Crippen molar-refractivity contribution in [2.45, 2.75) is 44.4 Å². The lowest BCUT2D eigenvalue weighted by atomic mass is 9.79. The Labute approximate surface area is 170 Å². The van der Waals surface area contributed by atoms with Crippen molar-refractivity contribution in [2.75, 3.05) is 6.54 Å². The summed E-state index contributed by atoms with van der Waals surface area (Å²) in [6, 6.07) is 2.90. The van der Waals surface area contributed by atoms with Crippen LogP contribution in [0.1, 0.15) is 42.1 Å². The van der Waals surface area contributed by atoms with Gasteiger partial charge in [0.05, 0.1) is 12.1 Å². The molecule has 0 spiro atoms. The average Bonchev–Trinajstić information content (AvgIpc) is 2.66. The lowest BCUT2D eigenvalue weighted by molar-refractivity contribution is -0.137. The van der Waals surface area contributed by atoms with E-state index in [1.165, 1.54) is 13.0 Å². The SMILES string of the molecule is CC(=O)[C@@H]1CC(NC(=O)O)CC[C@@H]1NC(=O)CNC(=O)c1cccc(C(F)(F)F)c1. The van der Waals surface area contributed by atoms with Gasteiger partial charge in [0, 0.05) is 23.6 Å². The highest BCUT2D eigenvalue weighted by Gasteiger charge is 2.35. The molecule has 0 radical (unpaired) electrons. The molecule has 4 N–H and O–H groups in total. The first kappa shape index (κ1) is 23.2. The van der Waals surface area contributed by atoms with E-state index in [0.29, 0.717) is 18.9 Å². The van der Waals surface area contributed by atoms with Crippen molar-refractivity contribution < 1.29 is 37.5 Å². The smallest absolute Gasteiger partial charge is 0.416 e. The number of alkyl halides is 3. The second-order valence-electron chi connectivity index (χ2n) is 7.11. The minimum Gasteiger partial charge on any atom is -0.465 e. The molecule has 1 saturated carbocycles. The van der Waals surface area contributed by atoms with Crippen LogP contribution in [0, 0.1) is 5.92 Å². The summed E-state index contributed by atoms with van der Waals surface area (Å²) in [5, 5.41) is 16.0. The third kappa shape index (κ3) is 6.46. The summed E-state index contributed by atoms with van der Waals surface area (Å²) in [4.78, 5) is 46.9. The van der Waals surface area contributed by atoms with Gasteiger partial charge in [-0.15, -0.1) is 0 Å². The number of nitrogens with one attached hydrogen (secondary N) is 3. The summed E-state index contributed by atoms with van der Waals surface area (Å²) in [6.45, 7) is 0.870. The number of benzene rings is 1. The Morgan fingerprint density at radius 2 is 1.83 bits per heavy atom. The molecule has 0 saturated heterocycles. The van der Waals surface area contributed by atoms with Crippen molar-refractivity contribution in [1.29, 1.82) is 0 Å². The van der Waals surface area contributed by atoms with Crippen LogP contribution in [0.2, 0.25) is 0 Å². The topological polar surface area (TPSA) is 125 Å². The molecule has 1 aliphatic carbocycles.